The average molecular weight is 279 g/mol. The van der Waals surface area contributed by atoms with Crippen LogP contribution in [0, 0.1) is 0 Å². The van der Waals surface area contributed by atoms with Crippen LogP contribution in [0.2, 0.25) is 0 Å². The summed E-state index contributed by atoms with van der Waals surface area (Å²) in [5.74, 6) is 0. The zero-order valence-corrected chi connectivity index (χ0v) is 12.6. The molecular weight excluding hydrogens is 252 g/mol. The fourth-order valence-electron chi connectivity index (χ4n) is 1.15. The number of rotatable bonds is 5. The van der Waals surface area contributed by atoms with Crippen molar-refractivity contribution in [2.24, 2.45) is 9.98 Å². The maximum Gasteiger partial charge on any atom is 0.0892 e. The van der Waals surface area contributed by atoms with Crippen LogP contribution in [0.4, 0.5) is 0 Å². The molecular formula is C12H27ClN4O. The zero-order valence-electron chi connectivity index (χ0n) is 11.8. The Morgan fingerprint density at radius 3 is 2.28 bits per heavy atom. The number of nitrogens with zero attached hydrogens (tertiary/aromatic N) is 3. The molecule has 0 unspecified atom stereocenters. The lowest BCUT2D eigenvalue weighted by Crippen LogP contribution is -2.30. The summed E-state index contributed by atoms with van der Waals surface area (Å²) in [5, 5.41) is 3.16. The Morgan fingerprint density at radius 2 is 1.89 bits per heavy atom. The van der Waals surface area contributed by atoms with Crippen molar-refractivity contribution in [3.8, 4) is 0 Å². The third kappa shape index (κ3) is 17.9. The summed E-state index contributed by atoms with van der Waals surface area (Å²) in [6, 6.07) is 2.64. The second-order valence-corrected chi connectivity index (χ2v) is 3.98. The molecule has 1 N–H and O–H groups in total. The molecule has 1 rings (SSSR count). The van der Waals surface area contributed by atoms with Crippen molar-refractivity contribution < 1.29 is 4.74 Å². The molecule has 5 nitrogen and oxygen atoms in total. The first-order chi connectivity index (χ1) is 8.27. The van der Waals surface area contributed by atoms with Crippen molar-refractivity contribution in [3.63, 3.8) is 0 Å². The first-order valence-corrected chi connectivity index (χ1v) is 6.28. The van der Waals surface area contributed by atoms with Gasteiger partial charge in [0.15, 0.2) is 0 Å². The molecule has 0 atom stereocenters. The van der Waals surface area contributed by atoms with Gasteiger partial charge in [0, 0.05) is 19.6 Å². The normalized spacial score (nSPS) is 13.8. The smallest absolute Gasteiger partial charge is 0.0892 e. The van der Waals surface area contributed by atoms with Crippen molar-refractivity contribution in [2.75, 3.05) is 60.0 Å². The van der Waals surface area contributed by atoms with Crippen LogP contribution in [0.5, 0.6) is 0 Å². The highest BCUT2D eigenvalue weighted by Crippen LogP contribution is 1.82. The van der Waals surface area contributed by atoms with Gasteiger partial charge in [0.25, 0.3) is 0 Å². The molecule has 0 aromatic rings. The van der Waals surface area contributed by atoms with Gasteiger partial charge >= 0.3 is 0 Å². The Bertz CT molecular complexity index is 203. The lowest BCUT2D eigenvalue weighted by molar-refractivity contribution is 0.109. The summed E-state index contributed by atoms with van der Waals surface area (Å²) in [6.07, 6.45) is 1.08. The van der Waals surface area contributed by atoms with Crippen molar-refractivity contribution >= 4 is 18.4 Å². The Labute approximate surface area is 117 Å². The molecule has 0 aliphatic carbocycles. The fraction of sp³-hybridized carbons (Fsp3) is 0.917. The quantitative estimate of drug-likeness (QED) is 0.606. The molecule has 1 aliphatic rings. The summed E-state index contributed by atoms with van der Waals surface area (Å²) in [5.41, 5.74) is 0. The van der Waals surface area contributed by atoms with E-state index in [9.17, 15) is 0 Å². The van der Waals surface area contributed by atoms with E-state index in [-0.39, 0.29) is 12.4 Å². The van der Waals surface area contributed by atoms with E-state index in [0.29, 0.717) is 0 Å². The van der Waals surface area contributed by atoms with E-state index in [1.165, 1.54) is 0 Å². The SMILES string of the molecule is C1COCCN1.CCN=C=NCCCN(C)C.Cl. The number of ether oxygens (including phenoxy) is 1. The van der Waals surface area contributed by atoms with E-state index in [0.717, 1.165) is 52.4 Å². The Morgan fingerprint density at radius 1 is 1.22 bits per heavy atom. The molecule has 6 heteroatoms. The number of aliphatic imine (C=N–C) groups is 2. The second kappa shape index (κ2) is 16.6. The van der Waals surface area contributed by atoms with Crippen LogP contribution in [0.25, 0.3) is 0 Å². The highest BCUT2D eigenvalue weighted by molar-refractivity contribution is 5.85. The van der Waals surface area contributed by atoms with E-state index in [1.807, 2.05) is 6.92 Å². The van der Waals surface area contributed by atoms with Gasteiger partial charge < -0.3 is 15.0 Å². The molecule has 0 spiro atoms. The van der Waals surface area contributed by atoms with Crippen LogP contribution in [-0.4, -0.2) is 70.9 Å². The van der Waals surface area contributed by atoms with Gasteiger partial charge in [-0.15, -0.1) is 12.4 Å². The van der Waals surface area contributed by atoms with Crippen LogP contribution in [0.15, 0.2) is 9.98 Å². The van der Waals surface area contributed by atoms with Crippen molar-refractivity contribution in [1.82, 2.24) is 10.2 Å². The van der Waals surface area contributed by atoms with E-state index < -0.39 is 0 Å². The first kappa shape index (κ1) is 19.9. The lowest BCUT2D eigenvalue weighted by atomic mass is 10.4. The van der Waals surface area contributed by atoms with Crippen molar-refractivity contribution in [2.45, 2.75) is 13.3 Å². The average Bonchev–Trinajstić information content (AvgIpc) is 2.36. The standard InChI is InChI=1S/C8H17N3.C4H9NO.ClH/c1-4-9-8-10-6-5-7-11(2)3;1-3-6-4-2-5-1;/h4-7H2,1-3H3;5H,1-4H2;1H. The summed E-state index contributed by atoms with van der Waals surface area (Å²) < 4.78 is 5.01. The molecule has 1 heterocycles. The van der Waals surface area contributed by atoms with Gasteiger partial charge in [0.05, 0.1) is 25.8 Å². The zero-order chi connectivity index (χ0) is 12.8. The van der Waals surface area contributed by atoms with Crippen molar-refractivity contribution in [1.29, 1.82) is 0 Å². The topological polar surface area (TPSA) is 49.2 Å². The van der Waals surface area contributed by atoms with E-state index in [2.05, 4.69) is 40.3 Å². The minimum absolute atomic E-state index is 0. The number of nitrogens with one attached hydrogen (secondary N) is 1. The van der Waals surface area contributed by atoms with Crippen LogP contribution in [0.1, 0.15) is 13.3 Å². The first-order valence-electron chi connectivity index (χ1n) is 6.28. The summed E-state index contributed by atoms with van der Waals surface area (Å²) in [6.45, 7) is 8.50. The van der Waals surface area contributed by atoms with Gasteiger partial charge in [-0.2, -0.15) is 0 Å². The maximum atomic E-state index is 5.01. The number of halogens is 1. The summed E-state index contributed by atoms with van der Waals surface area (Å²) in [4.78, 5) is 9.99. The molecule has 1 aliphatic heterocycles. The molecule has 18 heavy (non-hydrogen) atoms. The Kier molecular flexibility index (Phi) is 18.3. The molecule has 0 bridgehead atoms. The molecule has 0 amide bonds. The fourth-order valence-corrected chi connectivity index (χ4v) is 1.15. The molecule has 1 fully saturated rings. The van der Waals surface area contributed by atoms with Crippen LogP contribution in [-0.2, 0) is 4.74 Å². The number of morpholine rings is 1. The van der Waals surface area contributed by atoms with E-state index >= 15 is 0 Å². The van der Waals surface area contributed by atoms with Gasteiger partial charge in [0.2, 0.25) is 0 Å². The van der Waals surface area contributed by atoms with E-state index in [1.54, 1.807) is 0 Å². The summed E-state index contributed by atoms with van der Waals surface area (Å²) >= 11 is 0. The van der Waals surface area contributed by atoms with Crippen LogP contribution < -0.4 is 5.32 Å². The largest absolute Gasteiger partial charge is 0.379 e. The number of hydrogen-bond acceptors (Lipinski definition) is 5. The van der Waals surface area contributed by atoms with Gasteiger partial charge in [-0.3, -0.25) is 0 Å². The van der Waals surface area contributed by atoms with Gasteiger partial charge in [-0.25, -0.2) is 9.98 Å². The van der Waals surface area contributed by atoms with Crippen molar-refractivity contribution in [3.05, 3.63) is 0 Å². The predicted octanol–water partition coefficient (Wildman–Crippen LogP) is 1.16. The molecule has 0 aromatic carbocycles. The molecule has 0 radical (unpaired) electrons. The van der Waals surface area contributed by atoms with Gasteiger partial charge in [-0.1, -0.05) is 0 Å². The highest BCUT2D eigenvalue weighted by atomic mass is 35.5. The predicted molar refractivity (Wildman–Crippen MR) is 79.4 cm³/mol. The Hall–Kier alpha value is -0.450. The van der Waals surface area contributed by atoms with Gasteiger partial charge in [0.1, 0.15) is 0 Å². The molecule has 108 valence electrons. The summed E-state index contributed by atoms with van der Waals surface area (Å²) in [7, 11) is 4.12. The van der Waals surface area contributed by atoms with Crippen LogP contribution >= 0.6 is 12.4 Å². The molecule has 1 saturated heterocycles. The second-order valence-electron chi connectivity index (χ2n) is 3.98. The third-order valence-corrected chi connectivity index (χ3v) is 2.02. The van der Waals surface area contributed by atoms with Crippen LogP contribution in [0.3, 0.4) is 0 Å². The Balaban J connectivity index is 0. The minimum Gasteiger partial charge on any atom is -0.379 e. The lowest BCUT2D eigenvalue weighted by Gasteiger charge is -2.10. The minimum atomic E-state index is 0. The van der Waals surface area contributed by atoms with E-state index in [4.69, 9.17) is 4.74 Å². The maximum absolute atomic E-state index is 5.01. The molecule has 0 aromatic heterocycles. The monoisotopic (exact) mass is 278 g/mol. The highest BCUT2D eigenvalue weighted by Gasteiger charge is 1.93. The van der Waals surface area contributed by atoms with Gasteiger partial charge in [-0.05, 0) is 34.0 Å². The third-order valence-electron chi connectivity index (χ3n) is 2.02. The number of hydrogen-bond donors (Lipinski definition) is 1. The molecule has 0 saturated carbocycles.